The molecule has 0 amide bonds. The molecule has 9 aromatic carbocycles. The topological polar surface area (TPSA) is 13.0 Å². The van der Waals surface area contributed by atoms with Crippen molar-refractivity contribution in [3.05, 3.63) is 215 Å². The van der Waals surface area contributed by atoms with E-state index in [9.17, 15) is 0 Å². The summed E-state index contributed by atoms with van der Waals surface area (Å²) in [7, 11) is 0. The second-order valence-corrected chi connectivity index (χ2v) is 30.3. The number of hydrogen-bond acceptors (Lipinski definition) is 4. The maximum Gasteiger partial charge on any atom is 0.252 e. The molecule has 0 aromatic heterocycles. The molecule has 0 bridgehead atoms. The van der Waals surface area contributed by atoms with Crippen LogP contribution in [0.4, 0.5) is 68.2 Å². The molecule has 15 rings (SSSR count). The molecular weight excluding hydrogens is 1010 g/mol. The van der Waals surface area contributed by atoms with Crippen molar-refractivity contribution in [2.45, 2.75) is 155 Å². The van der Waals surface area contributed by atoms with Gasteiger partial charge < -0.3 is 19.6 Å². The van der Waals surface area contributed by atoms with Crippen LogP contribution in [0.25, 0.3) is 0 Å². The van der Waals surface area contributed by atoms with Crippen LogP contribution in [-0.4, -0.2) is 13.4 Å². The van der Waals surface area contributed by atoms with Crippen molar-refractivity contribution in [1.82, 2.24) is 0 Å². The molecule has 6 heteroatoms. The maximum atomic E-state index is 2.73. The van der Waals surface area contributed by atoms with Gasteiger partial charge in [0.05, 0.1) is 0 Å². The van der Waals surface area contributed by atoms with Gasteiger partial charge in [0.2, 0.25) is 0 Å². The van der Waals surface area contributed by atoms with E-state index in [0.717, 1.165) is 12.8 Å². The number of fused-ring (bicyclic) bond motifs is 10. The van der Waals surface area contributed by atoms with E-state index in [0.29, 0.717) is 0 Å². The standard InChI is InChI=1S/C78H80B2N4/c1-73(2,3)49-41-67-71-69(43-49)83(53-33-35-55-57(45-53)77(11,12)39-37-75(55,7)8)65-48-66-62(47-61(65)79(71)59-29-21-23-31-63(59)81(67)51-25-17-15-18-26-51)80-60-30-22-24-32-64(60)82(52-27-19-16-20-28-52)68-42-50(74(4,5)6)44-70(72(68)80)84(66)54-34-36-56-58(46-54)78(13,14)40-38-76(56,9)10/h15-36,41-48H,37-40H2,1-14H3. The van der Waals surface area contributed by atoms with Crippen molar-refractivity contribution in [2.24, 2.45) is 0 Å². The van der Waals surface area contributed by atoms with Crippen LogP contribution in [0.5, 0.6) is 0 Å². The Kier molecular flexibility index (Phi) is 11.3. The highest BCUT2D eigenvalue weighted by atomic mass is 15.2. The lowest BCUT2D eigenvalue weighted by molar-refractivity contribution is 0.332. The second kappa shape index (κ2) is 17.9. The van der Waals surface area contributed by atoms with Crippen molar-refractivity contribution in [3.8, 4) is 0 Å². The average Bonchev–Trinajstić information content (AvgIpc) is 0.765. The van der Waals surface area contributed by atoms with Crippen molar-refractivity contribution in [1.29, 1.82) is 0 Å². The van der Waals surface area contributed by atoms with Gasteiger partial charge in [0.1, 0.15) is 0 Å². The molecule has 0 saturated carbocycles. The van der Waals surface area contributed by atoms with Crippen molar-refractivity contribution in [2.75, 3.05) is 19.6 Å². The van der Waals surface area contributed by atoms with Gasteiger partial charge in [0.25, 0.3) is 13.4 Å². The minimum atomic E-state index is -0.149. The van der Waals surface area contributed by atoms with Gasteiger partial charge >= 0.3 is 0 Å². The first-order valence-corrected chi connectivity index (χ1v) is 31.2. The Labute approximate surface area is 501 Å². The van der Waals surface area contributed by atoms with Crippen LogP contribution in [0.1, 0.15) is 156 Å². The third-order valence-corrected chi connectivity index (χ3v) is 21.0. The lowest BCUT2D eigenvalue weighted by Gasteiger charge is -2.48. The van der Waals surface area contributed by atoms with Crippen molar-refractivity contribution >= 4 is 114 Å². The van der Waals surface area contributed by atoms with Crippen molar-refractivity contribution < 1.29 is 0 Å². The quantitative estimate of drug-likeness (QED) is 0.163. The van der Waals surface area contributed by atoms with Crippen LogP contribution in [0, 0.1) is 0 Å². The Morgan fingerprint density at radius 3 is 0.964 bits per heavy atom. The highest BCUT2D eigenvalue weighted by molar-refractivity contribution is 7.03. The Hall–Kier alpha value is -7.69. The Morgan fingerprint density at radius 2 is 0.607 bits per heavy atom. The Bertz CT molecular complexity index is 3950. The monoisotopic (exact) mass is 1090 g/mol. The minimum Gasteiger partial charge on any atom is -0.311 e. The van der Waals surface area contributed by atoms with E-state index in [1.165, 1.54) is 147 Å². The van der Waals surface area contributed by atoms with E-state index in [4.69, 9.17) is 0 Å². The summed E-state index contributed by atoms with van der Waals surface area (Å²) >= 11 is 0. The Balaban J connectivity index is 1.10. The maximum absolute atomic E-state index is 2.73. The predicted molar refractivity (Wildman–Crippen MR) is 362 cm³/mol. The molecule has 4 nitrogen and oxygen atoms in total. The van der Waals surface area contributed by atoms with Crippen molar-refractivity contribution in [3.63, 3.8) is 0 Å². The number of nitrogens with zero attached hydrogens (tertiary/aromatic N) is 4. The molecule has 0 N–H and O–H groups in total. The van der Waals surface area contributed by atoms with E-state index in [2.05, 4.69) is 299 Å². The number of benzene rings is 9. The van der Waals surface area contributed by atoms with Gasteiger partial charge in [0.15, 0.2) is 0 Å². The SMILES string of the molecule is CC(C)(C)c1cc2c3c(c1)N(c1ccc4c(c1)C(C)(C)CCC4(C)C)c1cc4c(cc1B3c1ccccc1N2c1ccccc1)B1c2ccccc2N(c2ccccc2)c2cc(C(C)(C)C)cc(c21)N4c1ccc2c(c1)C(C)(C)CCC2(C)C. The molecule has 0 unspecified atom stereocenters. The predicted octanol–water partition coefficient (Wildman–Crippen LogP) is 17.1. The highest BCUT2D eigenvalue weighted by Crippen LogP contribution is 2.54. The summed E-state index contributed by atoms with van der Waals surface area (Å²) in [5.74, 6) is 0. The zero-order chi connectivity index (χ0) is 58.4. The fourth-order valence-electron chi connectivity index (χ4n) is 15.9. The molecule has 418 valence electrons. The van der Waals surface area contributed by atoms with E-state index in [1.807, 2.05) is 0 Å². The van der Waals surface area contributed by atoms with E-state index >= 15 is 0 Å². The first-order chi connectivity index (χ1) is 39.9. The van der Waals surface area contributed by atoms with Gasteiger partial charge in [-0.2, -0.15) is 0 Å². The summed E-state index contributed by atoms with van der Waals surface area (Å²) in [6, 6.07) is 71.7. The molecule has 4 aliphatic heterocycles. The van der Waals surface area contributed by atoms with Gasteiger partial charge in [-0.1, -0.05) is 188 Å². The zero-order valence-corrected chi connectivity index (χ0v) is 52.1. The fraction of sp³-hybridized carbons (Fsp3) is 0.308. The Morgan fingerprint density at radius 1 is 0.286 bits per heavy atom. The second-order valence-electron chi connectivity index (χ2n) is 30.3. The summed E-state index contributed by atoms with van der Waals surface area (Å²) in [6.07, 6.45) is 4.63. The summed E-state index contributed by atoms with van der Waals surface area (Å²) in [4.78, 5) is 10.6. The van der Waals surface area contributed by atoms with Crippen LogP contribution >= 0.6 is 0 Å². The smallest absolute Gasteiger partial charge is 0.252 e. The average molecular weight is 1100 g/mol. The highest BCUT2D eigenvalue weighted by Gasteiger charge is 2.50. The lowest BCUT2D eigenvalue weighted by Crippen LogP contribution is -2.65. The van der Waals surface area contributed by atoms with E-state index in [1.54, 1.807) is 0 Å². The molecule has 9 aromatic rings. The first kappa shape index (κ1) is 53.1. The molecule has 2 aliphatic carbocycles. The van der Waals surface area contributed by atoms with Crippen LogP contribution in [0.2, 0.25) is 0 Å². The fourth-order valence-corrected chi connectivity index (χ4v) is 15.9. The van der Waals surface area contributed by atoms with E-state index < -0.39 is 0 Å². The molecule has 6 aliphatic rings. The third-order valence-electron chi connectivity index (χ3n) is 21.0. The van der Waals surface area contributed by atoms with Crippen LogP contribution in [0.3, 0.4) is 0 Å². The van der Waals surface area contributed by atoms with Crippen LogP contribution in [0.15, 0.2) is 182 Å². The molecule has 4 heterocycles. The summed E-state index contributed by atoms with van der Waals surface area (Å²) in [5.41, 5.74) is 31.2. The minimum absolute atomic E-state index is 0.00732. The first-order valence-electron chi connectivity index (χ1n) is 31.2. The summed E-state index contributed by atoms with van der Waals surface area (Å²) < 4.78 is 0. The van der Waals surface area contributed by atoms with Crippen LogP contribution < -0.4 is 52.4 Å². The molecule has 84 heavy (non-hydrogen) atoms. The molecule has 0 saturated heterocycles. The van der Waals surface area contributed by atoms with Gasteiger partial charge in [-0.25, -0.2) is 0 Å². The van der Waals surface area contributed by atoms with Gasteiger partial charge in [-0.05, 0) is 215 Å². The number of rotatable bonds is 4. The molecule has 0 atom stereocenters. The van der Waals surface area contributed by atoms with Crippen LogP contribution in [-0.2, 0) is 32.5 Å². The normalized spacial score (nSPS) is 17.9. The number of para-hydroxylation sites is 4. The van der Waals surface area contributed by atoms with Gasteiger partial charge in [-0.3, -0.25) is 0 Å². The van der Waals surface area contributed by atoms with E-state index in [-0.39, 0.29) is 45.9 Å². The summed E-state index contributed by atoms with van der Waals surface area (Å²) in [6.45, 7) is 34.0. The lowest BCUT2D eigenvalue weighted by atomic mass is 9.30. The zero-order valence-electron chi connectivity index (χ0n) is 52.1. The molecule has 0 fully saturated rings. The third kappa shape index (κ3) is 7.80. The molecular formula is C78H80B2N4. The number of anilines is 12. The molecule has 0 radical (unpaired) electrons. The largest absolute Gasteiger partial charge is 0.311 e. The van der Waals surface area contributed by atoms with Gasteiger partial charge in [0, 0.05) is 68.2 Å². The summed E-state index contributed by atoms with van der Waals surface area (Å²) in [5, 5.41) is 0. The number of hydrogen-bond donors (Lipinski definition) is 0. The molecule has 0 spiro atoms. The van der Waals surface area contributed by atoms with Gasteiger partial charge in [-0.15, -0.1) is 0 Å².